The number of nitrogens with one attached hydrogen (secondary N) is 1. The molecule has 0 spiro atoms. The molecule has 0 aromatic rings. The minimum Gasteiger partial charge on any atom is -0.255 e. The highest BCUT2D eigenvalue weighted by Crippen LogP contribution is 1.97. The summed E-state index contributed by atoms with van der Waals surface area (Å²) < 4.78 is 0. The number of unbranched alkanes of at least 4 members (excludes halogenated alkanes) is 4. The number of rotatable bonds is 11. The van der Waals surface area contributed by atoms with E-state index in [1.165, 1.54) is 25.7 Å². The molecule has 0 aliphatic carbocycles. The highest BCUT2D eigenvalue weighted by Gasteiger charge is 1.95. The van der Waals surface area contributed by atoms with Gasteiger partial charge in [0.15, 0.2) is 0 Å². The van der Waals surface area contributed by atoms with Crippen molar-refractivity contribution in [2.45, 2.75) is 38.5 Å². The third kappa shape index (κ3) is 11.3. The van der Waals surface area contributed by atoms with Gasteiger partial charge in [-0.3, -0.25) is 5.43 Å². The molecule has 15 heavy (non-hydrogen) atoms. The first-order valence-corrected chi connectivity index (χ1v) is 5.97. The van der Waals surface area contributed by atoms with Crippen LogP contribution < -0.4 is 5.43 Å². The van der Waals surface area contributed by atoms with Crippen molar-refractivity contribution in [3.63, 3.8) is 0 Å². The normalized spacial score (nSPS) is 10.5. The molecule has 0 saturated carbocycles. The third-order valence-corrected chi connectivity index (χ3v) is 2.37. The van der Waals surface area contributed by atoms with Crippen molar-refractivity contribution in [3.05, 3.63) is 25.3 Å². The summed E-state index contributed by atoms with van der Waals surface area (Å²) in [7, 11) is 2.11. The molecule has 0 bridgehead atoms. The van der Waals surface area contributed by atoms with E-state index >= 15 is 0 Å². The molecular formula is C13H26N2. The molecule has 0 aliphatic heterocycles. The van der Waals surface area contributed by atoms with E-state index in [0.717, 1.165) is 25.9 Å². The lowest BCUT2D eigenvalue weighted by molar-refractivity contribution is 0.229. The second-order valence-electron chi connectivity index (χ2n) is 3.90. The lowest BCUT2D eigenvalue weighted by atomic mass is 10.2. The van der Waals surface area contributed by atoms with Crippen LogP contribution >= 0.6 is 0 Å². The van der Waals surface area contributed by atoms with E-state index in [1.807, 2.05) is 12.2 Å². The molecule has 0 saturated heterocycles. The van der Waals surface area contributed by atoms with Gasteiger partial charge < -0.3 is 0 Å². The predicted octanol–water partition coefficient (Wildman–Crippen LogP) is 3.14. The number of hydrogen-bond acceptors (Lipinski definition) is 2. The molecule has 0 amide bonds. The largest absolute Gasteiger partial charge is 0.255 e. The Kier molecular flexibility index (Phi) is 11.0. The highest BCUT2D eigenvalue weighted by atomic mass is 15.5. The van der Waals surface area contributed by atoms with Gasteiger partial charge >= 0.3 is 0 Å². The van der Waals surface area contributed by atoms with Crippen molar-refractivity contribution in [1.29, 1.82) is 0 Å². The first-order chi connectivity index (χ1) is 7.31. The molecule has 0 aliphatic rings. The second kappa shape index (κ2) is 11.5. The van der Waals surface area contributed by atoms with E-state index in [1.54, 1.807) is 0 Å². The molecule has 0 rings (SSSR count). The second-order valence-corrected chi connectivity index (χ2v) is 3.90. The number of allylic oxidation sites excluding steroid dienone is 2. The minimum absolute atomic E-state index is 1.08. The lowest BCUT2D eigenvalue weighted by Gasteiger charge is -2.17. The van der Waals surface area contributed by atoms with Crippen LogP contribution in [0.25, 0.3) is 0 Å². The zero-order chi connectivity index (χ0) is 11.4. The molecule has 0 unspecified atom stereocenters. The fourth-order valence-corrected chi connectivity index (χ4v) is 1.40. The average molecular weight is 210 g/mol. The Bertz CT molecular complexity index is 155. The molecule has 2 nitrogen and oxygen atoms in total. The average Bonchev–Trinajstić information content (AvgIpc) is 2.24. The predicted molar refractivity (Wildman–Crippen MR) is 68.7 cm³/mol. The van der Waals surface area contributed by atoms with Crippen LogP contribution in [-0.2, 0) is 0 Å². The Morgan fingerprint density at radius 1 is 1.00 bits per heavy atom. The molecule has 0 radical (unpaired) electrons. The maximum absolute atomic E-state index is 3.72. The van der Waals surface area contributed by atoms with E-state index in [2.05, 4.69) is 30.6 Å². The summed E-state index contributed by atoms with van der Waals surface area (Å²) >= 11 is 0. The van der Waals surface area contributed by atoms with Crippen LogP contribution in [0.2, 0.25) is 0 Å². The summed E-state index contributed by atoms with van der Waals surface area (Å²) in [5.74, 6) is 0. The molecule has 0 atom stereocenters. The van der Waals surface area contributed by atoms with Gasteiger partial charge in [-0.15, -0.1) is 13.2 Å². The summed E-state index contributed by atoms with van der Waals surface area (Å²) in [5.41, 5.74) is 3.39. The van der Waals surface area contributed by atoms with E-state index in [9.17, 15) is 0 Å². The molecule has 0 heterocycles. The van der Waals surface area contributed by atoms with Gasteiger partial charge in [0.1, 0.15) is 0 Å². The number of nitrogens with zero attached hydrogens (tertiary/aromatic N) is 1. The molecule has 88 valence electrons. The number of hydrogen-bond donors (Lipinski definition) is 1. The van der Waals surface area contributed by atoms with Crippen molar-refractivity contribution in [3.8, 4) is 0 Å². The first-order valence-electron chi connectivity index (χ1n) is 5.97. The van der Waals surface area contributed by atoms with Crippen molar-refractivity contribution < 1.29 is 0 Å². The van der Waals surface area contributed by atoms with Gasteiger partial charge in [0.2, 0.25) is 0 Å². The van der Waals surface area contributed by atoms with Gasteiger partial charge in [-0.05, 0) is 38.5 Å². The molecule has 2 heteroatoms. The fourth-order valence-electron chi connectivity index (χ4n) is 1.40. The van der Waals surface area contributed by atoms with E-state index in [0.29, 0.717) is 0 Å². The van der Waals surface area contributed by atoms with E-state index in [-0.39, 0.29) is 0 Å². The summed E-state index contributed by atoms with van der Waals surface area (Å²) in [6.07, 6.45) is 11.2. The van der Waals surface area contributed by atoms with Crippen molar-refractivity contribution in [2.24, 2.45) is 0 Å². The smallest absolute Gasteiger partial charge is 0.0127 e. The summed E-state index contributed by atoms with van der Waals surface area (Å²) in [6, 6.07) is 0. The van der Waals surface area contributed by atoms with Crippen LogP contribution in [0.15, 0.2) is 25.3 Å². The molecule has 1 N–H and O–H groups in total. The van der Waals surface area contributed by atoms with Gasteiger partial charge in [0, 0.05) is 20.1 Å². The standard InChI is InChI=1S/C13H26N2/c1-4-6-8-10-12-14-15(3)13-11-9-7-5-2/h4-5,14H,1-2,6-13H2,3H3. The van der Waals surface area contributed by atoms with Crippen LogP contribution in [0.5, 0.6) is 0 Å². The topological polar surface area (TPSA) is 15.3 Å². The highest BCUT2D eigenvalue weighted by molar-refractivity contribution is 4.66. The maximum atomic E-state index is 3.72. The Morgan fingerprint density at radius 2 is 1.60 bits per heavy atom. The Morgan fingerprint density at radius 3 is 2.20 bits per heavy atom. The molecular weight excluding hydrogens is 184 g/mol. The van der Waals surface area contributed by atoms with E-state index in [4.69, 9.17) is 0 Å². The SMILES string of the molecule is C=CCCCCNN(C)CCCCC=C. The Hall–Kier alpha value is -0.600. The van der Waals surface area contributed by atoms with Crippen LogP contribution in [-0.4, -0.2) is 25.1 Å². The van der Waals surface area contributed by atoms with Crippen LogP contribution in [0, 0.1) is 0 Å². The van der Waals surface area contributed by atoms with Crippen LogP contribution in [0.3, 0.4) is 0 Å². The summed E-state index contributed by atoms with van der Waals surface area (Å²) in [5, 5.41) is 2.19. The quantitative estimate of drug-likeness (QED) is 0.320. The fraction of sp³-hybridized carbons (Fsp3) is 0.692. The maximum Gasteiger partial charge on any atom is 0.0127 e. The first kappa shape index (κ1) is 14.4. The lowest BCUT2D eigenvalue weighted by Crippen LogP contribution is -2.35. The van der Waals surface area contributed by atoms with Gasteiger partial charge in [0.25, 0.3) is 0 Å². The van der Waals surface area contributed by atoms with Crippen molar-refractivity contribution >= 4 is 0 Å². The Labute approximate surface area is 95.0 Å². The summed E-state index contributed by atoms with van der Waals surface area (Å²) in [4.78, 5) is 0. The van der Waals surface area contributed by atoms with Gasteiger partial charge in [-0.2, -0.15) is 0 Å². The van der Waals surface area contributed by atoms with Crippen molar-refractivity contribution in [1.82, 2.24) is 10.4 Å². The van der Waals surface area contributed by atoms with Gasteiger partial charge in [-0.1, -0.05) is 12.2 Å². The minimum atomic E-state index is 1.08. The summed E-state index contributed by atoms with van der Waals surface area (Å²) in [6.45, 7) is 9.63. The Balaban J connectivity index is 3.14. The van der Waals surface area contributed by atoms with Gasteiger partial charge in [0.05, 0.1) is 0 Å². The van der Waals surface area contributed by atoms with Crippen molar-refractivity contribution in [2.75, 3.05) is 20.1 Å². The van der Waals surface area contributed by atoms with Crippen LogP contribution in [0.4, 0.5) is 0 Å². The molecule has 0 fully saturated rings. The molecule has 0 aromatic carbocycles. The molecule has 0 aromatic heterocycles. The monoisotopic (exact) mass is 210 g/mol. The van der Waals surface area contributed by atoms with Crippen LogP contribution in [0.1, 0.15) is 38.5 Å². The van der Waals surface area contributed by atoms with E-state index < -0.39 is 0 Å². The number of hydrazine groups is 1. The third-order valence-electron chi connectivity index (χ3n) is 2.37. The zero-order valence-corrected chi connectivity index (χ0v) is 10.2. The van der Waals surface area contributed by atoms with Gasteiger partial charge in [-0.25, -0.2) is 5.01 Å². The zero-order valence-electron chi connectivity index (χ0n) is 10.2.